The van der Waals surface area contributed by atoms with Crippen LogP contribution in [0.5, 0.6) is 0 Å². The molecule has 2 fully saturated rings. The van der Waals surface area contributed by atoms with Crippen molar-refractivity contribution in [2.45, 2.75) is 65.0 Å². The molecule has 0 aromatic carbocycles. The fourth-order valence-corrected chi connectivity index (χ4v) is 3.21. The fourth-order valence-electron chi connectivity index (χ4n) is 3.21. The number of esters is 1. The van der Waals surface area contributed by atoms with Gasteiger partial charge >= 0.3 is 5.97 Å². The molecule has 1 aliphatic carbocycles. The highest BCUT2D eigenvalue weighted by Crippen LogP contribution is 2.31. The summed E-state index contributed by atoms with van der Waals surface area (Å²) in [7, 11) is 0. The number of hydrogen-bond donors (Lipinski definition) is 1. The lowest BCUT2D eigenvalue weighted by Gasteiger charge is -2.34. The number of nitrogens with one attached hydrogen (secondary N) is 1. The van der Waals surface area contributed by atoms with Gasteiger partial charge < -0.3 is 10.1 Å². The summed E-state index contributed by atoms with van der Waals surface area (Å²) >= 11 is 0. The fraction of sp³-hybridized carbons (Fsp3) is 0.933. The van der Waals surface area contributed by atoms with Crippen LogP contribution in [0, 0.1) is 17.8 Å². The van der Waals surface area contributed by atoms with Gasteiger partial charge in [-0.2, -0.15) is 0 Å². The van der Waals surface area contributed by atoms with E-state index in [9.17, 15) is 4.79 Å². The quantitative estimate of drug-likeness (QED) is 0.769. The SMILES string of the molecule is CC1CCC(OC(=O)C2NCCCC2C)CC1C. The van der Waals surface area contributed by atoms with Crippen molar-refractivity contribution in [3.63, 3.8) is 0 Å². The summed E-state index contributed by atoms with van der Waals surface area (Å²) in [5.74, 6) is 1.83. The van der Waals surface area contributed by atoms with Gasteiger partial charge in [-0.25, -0.2) is 0 Å². The van der Waals surface area contributed by atoms with Crippen molar-refractivity contribution in [3.8, 4) is 0 Å². The molecule has 2 aliphatic rings. The molecule has 1 saturated heterocycles. The molecule has 0 spiro atoms. The molecule has 2 rings (SSSR count). The zero-order chi connectivity index (χ0) is 13.1. The van der Waals surface area contributed by atoms with Crippen LogP contribution < -0.4 is 5.32 Å². The van der Waals surface area contributed by atoms with Crippen LogP contribution >= 0.6 is 0 Å². The van der Waals surface area contributed by atoms with E-state index in [4.69, 9.17) is 4.74 Å². The van der Waals surface area contributed by atoms with Crippen molar-refractivity contribution in [2.24, 2.45) is 17.8 Å². The number of rotatable bonds is 2. The first-order valence-electron chi connectivity index (χ1n) is 7.51. The van der Waals surface area contributed by atoms with Crippen molar-refractivity contribution in [1.82, 2.24) is 5.32 Å². The van der Waals surface area contributed by atoms with Crippen molar-refractivity contribution < 1.29 is 9.53 Å². The summed E-state index contributed by atoms with van der Waals surface area (Å²) in [6, 6.07) is -0.0755. The first-order valence-corrected chi connectivity index (χ1v) is 7.51. The largest absolute Gasteiger partial charge is 0.461 e. The van der Waals surface area contributed by atoms with Crippen LogP contribution in [0.3, 0.4) is 0 Å². The van der Waals surface area contributed by atoms with Gasteiger partial charge in [-0.1, -0.05) is 20.8 Å². The third kappa shape index (κ3) is 3.25. The van der Waals surface area contributed by atoms with Crippen LogP contribution in [-0.2, 0) is 9.53 Å². The smallest absolute Gasteiger partial charge is 0.323 e. The van der Waals surface area contributed by atoms with E-state index in [1.807, 2.05) is 0 Å². The second-order valence-electron chi connectivity index (χ2n) is 6.38. The summed E-state index contributed by atoms with van der Waals surface area (Å²) in [6.07, 6.45) is 5.71. The van der Waals surface area contributed by atoms with E-state index >= 15 is 0 Å². The van der Waals surface area contributed by atoms with E-state index in [2.05, 4.69) is 26.1 Å². The average Bonchev–Trinajstić information content (AvgIpc) is 2.34. The lowest BCUT2D eigenvalue weighted by Crippen LogP contribution is -2.48. The monoisotopic (exact) mass is 253 g/mol. The Labute approximate surface area is 111 Å². The predicted octanol–water partition coefficient (Wildman–Crippen LogP) is 2.74. The molecule has 18 heavy (non-hydrogen) atoms. The molecule has 1 N–H and O–H groups in total. The average molecular weight is 253 g/mol. The number of hydrogen-bond acceptors (Lipinski definition) is 3. The Bertz CT molecular complexity index is 292. The van der Waals surface area contributed by atoms with Crippen LogP contribution in [0.25, 0.3) is 0 Å². The maximum absolute atomic E-state index is 12.2. The molecule has 104 valence electrons. The van der Waals surface area contributed by atoms with E-state index in [0.717, 1.165) is 31.7 Å². The highest BCUT2D eigenvalue weighted by atomic mass is 16.5. The molecule has 0 amide bonds. The van der Waals surface area contributed by atoms with Crippen molar-refractivity contribution in [1.29, 1.82) is 0 Å². The molecule has 5 unspecified atom stereocenters. The summed E-state index contributed by atoms with van der Waals surface area (Å²) < 4.78 is 5.72. The first kappa shape index (κ1) is 13.9. The Hall–Kier alpha value is -0.570. The van der Waals surface area contributed by atoms with E-state index in [0.29, 0.717) is 11.8 Å². The van der Waals surface area contributed by atoms with Gasteiger partial charge in [0.1, 0.15) is 12.1 Å². The van der Waals surface area contributed by atoms with E-state index in [1.54, 1.807) is 0 Å². The summed E-state index contributed by atoms with van der Waals surface area (Å²) in [4.78, 5) is 12.2. The van der Waals surface area contributed by atoms with E-state index < -0.39 is 0 Å². The van der Waals surface area contributed by atoms with Gasteiger partial charge in [0.15, 0.2) is 0 Å². The van der Waals surface area contributed by atoms with Gasteiger partial charge in [-0.15, -0.1) is 0 Å². The third-order valence-corrected chi connectivity index (χ3v) is 4.86. The Morgan fingerprint density at radius 3 is 2.50 bits per heavy atom. The van der Waals surface area contributed by atoms with E-state index in [1.165, 1.54) is 12.8 Å². The molecule has 1 aliphatic heterocycles. The summed E-state index contributed by atoms with van der Waals surface area (Å²) in [5, 5.41) is 3.30. The minimum Gasteiger partial charge on any atom is -0.461 e. The molecule has 5 atom stereocenters. The van der Waals surface area contributed by atoms with Gasteiger partial charge in [0, 0.05) is 0 Å². The molecule has 3 nitrogen and oxygen atoms in total. The van der Waals surface area contributed by atoms with Gasteiger partial charge in [-0.05, 0) is 56.4 Å². The van der Waals surface area contributed by atoms with Crippen LogP contribution in [-0.4, -0.2) is 24.7 Å². The van der Waals surface area contributed by atoms with Crippen molar-refractivity contribution in [2.75, 3.05) is 6.54 Å². The van der Waals surface area contributed by atoms with Crippen molar-refractivity contribution in [3.05, 3.63) is 0 Å². The lowest BCUT2D eigenvalue weighted by molar-refractivity contribution is -0.156. The second kappa shape index (κ2) is 6.05. The second-order valence-corrected chi connectivity index (χ2v) is 6.38. The van der Waals surface area contributed by atoms with Gasteiger partial charge in [-0.3, -0.25) is 4.79 Å². The van der Waals surface area contributed by atoms with Crippen molar-refractivity contribution >= 4 is 5.97 Å². The molecule has 1 heterocycles. The standard InChI is InChI=1S/C15H27NO2/c1-10-6-7-13(9-12(10)3)18-15(17)14-11(2)5-4-8-16-14/h10-14,16H,4-9H2,1-3H3. The maximum Gasteiger partial charge on any atom is 0.323 e. The van der Waals surface area contributed by atoms with E-state index in [-0.39, 0.29) is 18.1 Å². The Kier molecular flexibility index (Phi) is 4.66. The molecular weight excluding hydrogens is 226 g/mol. The third-order valence-electron chi connectivity index (χ3n) is 4.86. The topological polar surface area (TPSA) is 38.3 Å². The predicted molar refractivity (Wildman–Crippen MR) is 72.2 cm³/mol. The van der Waals surface area contributed by atoms with Crippen LogP contribution in [0.2, 0.25) is 0 Å². The molecular formula is C15H27NO2. The molecule has 0 bridgehead atoms. The van der Waals surface area contributed by atoms with Gasteiger partial charge in [0.25, 0.3) is 0 Å². The normalized spacial score (nSPS) is 41.4. The van der Waals surface area contributed by atoms with Crippen LogP contribution in [0.1, 0.15) is 52.9 Å². The Morgan fingerprint density at radius 1 is 1.06 bits per heavy atom. The number of carbonyl (C=O) groups excluding carboxylic acids is 1. The summed E-state index contributed by atoms with van der Waals surface area (Å²) in [5.41, 5.74) is 0. The number of ether oxygens (including phenoxy) is 1. The molecule has 0 radical (unpaired) electrons. The zero-order valence-corrected chi connectivity index (χ0v) is 11.9. The number of carbonyl (C=O) groups is 1. The van der Waals surface area contributed by atoms with Gasteiger partial charge in [0.05, 0.1) is 0 Å². The maximum atomic E-state index is 12.2. The molecule has 1 saturated carbocycles. The number of piperidine rings is 1. The lowest BCUT2D eigenvalue weighted by atomic mass is 9.80. The minimum absolute atomic E-state index is 0.0195. The molecule has 0 aromatic rings. The van der Waals surface area contributed by atoms with Crippen LogP contribution in [0.4, 0.5) is 0 Å². The highest BCUT2D eigenvalue weighted by molar-refractivity contribution is 5.76. The first-order chi connectivity index (χ1) is 8.58. The Morgan fingerprint density at radius 2 is 1.83 bits per heavy atom. The zero-order valence-electron chi connectivity index (χ0n) is 11.9. The summed E-state index contributed by atoms with van der Waals surface area (Å²) in [6.45, 7) is 7.66. The minimum atomic E-state index is -0.0755. The highest BCUT2D eigenvalue weighted by Gasteiger charge is 2.32. The molecule has 3 heteroatoms. The van der Waals surface area contributed by atoms with Gasteiger partial charge in [0.2, 0.25) is 0 Å². The Balaban J connectivity index is 1.83. The van der Waals surface area contributed by atoms with Crippen LogP contribution in [0.15, 0.2) is 0 Å². The molecule has 0 aromatic heterocycles.